The first-order valence-corrected chi connectivity index (χ1v) is 9.16. The molecule has 0 radical (unpaired) electrons. The Morgan fingerprint density at radius 1 is 0.960 bits per heavy atom. The second kappa shape index (κ2) is 7.10. The van der Waals surface area contributed by atoms with Gasteiger partial charge < -0.3 is 18.9 Å². The summed E-state index contributed by atoms with van der Waals surface area (Å²) in [6.45, 7) is 1.02. The van der Waals surface area contributed by atoms with E-state index in [2.05, 4.69) is 4.72 Å². The van der Waals surface area contributed by atoms with Crippen LogP contribution in [0, 0.1) is 0 Å². The first-order chi connectivity index (χ1) is 12.0. The molecule has 0 amide bonds. The lowest BCUT2D eigenvalue weighted by atomic mass is 10.3. The van der Waals surface area contributed by atoms with Crippen LogP contribution in [0.5, 0.6) is 23.0 Å². The van der Waals surface area contributed by atoms with Crippen molar-refractivity contribution >= 4 is 15.7 Å². The van der Waals surface area contributed by atoms with Crippen LogP contribution in [0.25, 0.3) is 0 Å². The predicted octanol–water partition coefficient (Wildman–Crippen LogP) is 2.67. The molecular formula is C17H19NO6S. The van der Waals surface area contributed by atoms with Crippen LogP contribution in [0.3, 0.4) is 0 Å². The number of methoxy groups -OCH3 is 2. The second-order valence-corrected chi connectivity index (χ2v) is 7.01. The fourth-order valence-electron chi connectivity index (χ4n) is 2.41. The minimum absolute atomic E-state index is 0.0709. The van der Waals surface area contributed by atoms with E-state index in [9.17, 15) is 8.42 Å². The van der Waals surface area contributed by atoms with Crippen molar-refractivity contribution in [2.75, 3.05) is 32.2 Å². The Bertz CT molecular complexity index is 865. The van der Waals surface area contributed by atoms with Crippen molar-refractivity contribution in [3.8, 4) is 23.0 Å². The van der Waals surface area contributed by atoms with Gasteiger partial charge in [0.05, 0.1) is 38.0 Å². The molecule has 7 nitrogen and oxygen atoms in total. The normalized spacial score (nSPS) is 13.7. The van der Waals surface area contributed by atoms with Gasteiger partial charge in [-0.15, -0.1) is 0 Å². The smallest absolute Gasteiger partial charge is 0.262 e. The van der Waals surface area contributed by atoms with E-state index < -0.39 is 10.0 Å². The van der Waals surface area contributed by atoms with E-state index in [4.69, 9.17) is 18.9 Å². The standard InChI is InChI=1S/C17H19NO6S/c1-21-12-4-6-15(22-2)14(10-12)18-25(19,20)13-5-7-16-17(11-13)24-9-3-8-23-16/h4-7,10-11,18H,3,8-9H2,1-2H3. The van der Waals surface area contributed by atoms with Gasteiger partial charge >= 0.3 is 0 Å². The van der Waals surface area contributed by atoms with Gasteiger partial charge in [-0.3, -0.25) is 4.72 Å². The number of hydrogen-bond donors (Lipinski definition) is 1. The van der Waals surface area contributed by atoms with Crippen molar-refractivity contribution in [3.05, 3.63) is 36.4 Å². The molecule has 2 aromatic carbocycles. The highest BCUT2D eigenvalue weighted by molar-refractivity contribution is 7.92. The molecular weight excluding hydrogens is 346 g/mol. The first kappa shape index (κ1) is 17.2. The van der Waals surface area contributed by atoms with Crippen LogP contribution in [0.4, 0.5) is 5.69 Å². The van der Waals surface area contributed by atoms with Gasteiger partial charge in [-0.25, -0.2) is 8.42 Å². The van der Waals surface area contributed by atoms with Crippen molar-refractivity contribution in [2.45, 2.75) is 11.3 Å². The third-order valence-electron chi connectivity index (χ3n) is 3.68. The summed E-state index contributed by atoms with van der Waals surface area (Å²) in [5, 5.41) is 0. The van der Waals surface area contributed by atoms with Gasteiger partial charge in [0.15, 0.2) is 11.5 Å². The molecule has 0 spiro atoms. The molecule has 0 saturated heterocycles. The van der Waals surface area contributed by atoms with Gasteiger partial charge in [0.25, 0.3) is 10.0 Å². The maximum atomic E-state index is 12.7. The zero-order valence-corrected chi connectivity index (χ0v) is 14.8. The maximum absolute atomic E-state index is 12.7. The minimum atomic E-state index is -3.84. The van der Waals surface area contributed by atoms with E-state index in [1.54, 1.807) is 24.3 Å². The zero-order chi connectivity index (χ0) is 17.9. The molecule has 8 heteroatoms. The second-order valence-electron chi connectivity index (χ2n) is 5.33. The fraction of sp³-hybridized carbons (Fsp3) is 0.294. The van der Waals surface area contributed by atoms with Gasteiger partial charge in [-0.05, 0) is 24.3 Å². The Labute approximate surface area is 146 Å². The van der Waals surface area contributed by atoms with Gasteiger partial charge in [0.2, 0.25) is 0 Å². The summed E-state index contributed by atoms with van der Waals surface area (Å²) < 4.78 is 49.4. The van der Waals surface area contributed by atoms with Gasteiger partial charge in [-0.2, -0.15) is 0 Å². The summed E-state index contributed by atoms with van der Waals surface area (Å²) >= 11 is 0. The molecule has 3 rings (SSSR count). The summed E-state index contributed by atoms with van der Waals surface area (Å²) in [4.78, 5) is 0.0709. The van der Waals surface area contributed by atoms with Crippen LogP contribution < -0.4 is 23.7 Å². The Hall–Kier alpha value is -2.61. The van der Waals surface area contributed by atoms with Crippen LogP contribution in [0.1, 0.15) is 6.42 Å². The molecule has 2 aromatic rings. The van der Waals surface area contributed by atoms with Gasteiger partial charge in [0, 0.05) is 18.6 Å². The highest BCUT2D eigenvalue weighted by Crippen LogP contribution is 2.34. The number of fused-ring (bicyclic) bond motifs is 1. The molecule has 25 heavy (non-hydrogen) atoms. The average Bonchev–Trinajstić information content (AvgIpc) is 2.86. The summed E-state index contributed by atoms with van der Waals surface area (Å²) in [5.41, 5.74) is 0.286. The number of ether oxygens (including phenoxy) is 4. The molecule has 1 N–H and O–H groups in total. The van der Waals surface area contributed by atoms with Crippen molar-refractivity contribution in [1.29, 1.82) is 0 Å². The number of sulfonamides is 1. The zero-order valence-electron chi connectivity index (χ0n) is 13.9. The number of nitrogens with one attached hydrogen (secondary N) is 1. The molecule has 0 atom stereocenters. The third kappa shape index (κ3) is 3.74. The number of rotatable bonds is 5. The molecule has 1 aliphatic heterocycles. The Morgan fingerprint density at radius 2 is 1.72 bits per heavy atom. The van der Waals surface area contributed by atoms with E-state index in [0.717, 1.165) is 6.42 Å². The SMILES string of the molecule is COc1ccc(OC)c(NS(=O)(=O)c2ccc3c(c2)OCCCO3)c1. The molecule has 1 aliphatic rings. The Balaban J connectivity index is 1.93. The van der Waals surface area contributed by atoms with E-state index in [1.807, 2.05) is 0 Å². The lowest BCUT2D eigenvalue weighted by Crippen LogP contribution is -2.14. The summed E-state index contributed by atoms with van der Waals surface area (Å²) in [6.07, 6.45) is 0.746. The van der Waals surface area contributed by atoms with Crippen molar-refractivity contribution < 1.29 is 27.4 Å². The molecule has 0 aromatic heterocycles. The molecule has 0 fully saturated rings. The third-order valence-corrected chi connectivity index (χ3v) is 5.04. The molecule has 134 valence electrons. The van der Waals surface area contributed by atoms with E-state index >= 15 is 0 Å². The number of hydrogen-bond acceptors (Lipinski definition) is 6. The Kier molecular flexibility index (Phi) is 4.89. The van der Waals surface area contributed by atoms with E-state index in [1.165, 1.54) is 26.4 Å². The number of anilines is 1. The maximum Gasteiger partial charge on any atom is 0.262 e. The van der Waals surface area contributed by atoms with E-state index in [-0.39, 0.29) is 10.6 Å². The summed E-state index contributed by atoms with van der Waals surface area (Å²) in [6, 6.07) is 9.39. The summed E-state index contributed by atoms with van der Waals surface area (Å²) in [5.74, 6) is 1.85. The van der Waals surface area contributed by atoms with Crippen LogP contribution in [0.2, 0.25) is 0 Å². The van der Waals surface area contributed by atoms with E-state index in [0.29, 0.717) is 36.2 Å². The monoisotopic (exact) mass is 365 g/mol. The molecule has 0 saturated carbocycles. The molecule has 0 bridgehead atoms. The van der Waals surface area contributed by atoms with Crippen molar-refractivity contribution in [1.82, 2.24) is 0 Å². The lowest BCUT2D eigenvalue weighted by molar-refractivity contribution is 0.297. The first-order valence-electron chi connectivity index (χ1n) is 7.68. The lowest BCUT2D eigenvalue weighted by Gasteiger charge is -2.14. The summed E-state index contributed by atoms with van der Waals surface area (Å²) in [7, 11) is -0.868. The van der Waals surface area contributed by atoms with Crippen LogP contribution in [-0.4, -0.2) is 35.9 Å². The highest BCUT2D eigenvalue weighted by atomic mass is 32.2. The van der Waals surface area contributed by atoms with Crippen LogP contribution in [-0.2, 0) is 10.0 Å². The highest BCUT2D eigenvalue weighted by Gasteiger charge is 2.20. The quantitative estimate of drug-likeness (QED) is 0.877. The molecule has 0 unspecified atom stereocenters. The largest absolute Gasteiger partial charge is 0.497 e. The fourth-order valence-corrected chi connectivity index (χ4v) is 3.48. The van der Waals surface area contributed by atoms with Crippen LogP contribution in [0.15, 0.2) is 41.3 Å². The number of benzene rings is 2. The van der Waals surface area contributed by atoms with Gasteiger partial charge in [0.1, 0.15) is 11.5 Å². The topological polar surface area (TPSA) is 83.1 Å². The minimum Gasteiger partial charge on any atom is -0.497 e. The van der Waals surface area contributed by atoms with Crippen LogP contribution >= 0.6 is 0 Å². The van der Waals surface area contributed by atoms with Crippen molar-refractivity contribution in [3.63, 3.8) is 0 Å². The molecule has 1 heterocycles. The Morgan fingerprint density at radius 3 is 2.44 bits per heavy atom. The van der Waals surface area contributed by atoms with Crippen molar-refractivity contribution in [2.24, 2.45) is 0 Å². The predicted molar refractivity (Wildman–Crippen MR) is 92.4 cm³/mol. The molecule has 0 aliphatic carbocycles. The average molecular weight is 365 g/mol. The van der Waals surface area contributed by atoms with Gasteiger partial charge in [-0.1, -0.05) is 0 Å².